The fraction of sp³-hybridized carbons (Fsp3) is 0.250. The Balaban J connectivity index is 1.76. The van der Waals surface area contributed by atoms with Gasteiger partial charge in [0.1, 0.15) is 0 Å². The lowest BCUT2D eigenvalue weighted by Crippen LogP contribution is -2.41. The van der Waals surface area contributed by atoms with Gasteiger partial charge in [0.05, 0.1) is 39.9 Å². The van der Waals surface area contributed by atoms with E-state index in [1.165, 1.54) is 6.07 Å². The van der Waals surface area contributed by atoms with Crippen LogP contribution in [-0.2, 0) is 17.8 Å². The molecule has 1 N–H and O–H groups in total. The van der Waals surface area contributed by atoms with Crippen LogP contribution < -0.4 is 5.32 Å². The molecular weight excluding hydrogens is 558 g/mol. The molecule has 3 aromatic carbocycles. The minimum absolute atomic E-state index is 0.0388. The highest BCUT2D eigenvalue weighted by Gasteiger charge is 2.46. The second-order valence-corrected chi connectivity index (χ2v) is 9.57. The van der Waals surface area contributed by atoms with Gasteiger partial charge in [0.25, 0.3) is 0 Å². The molecule has 1 aliphatic heterocycles. The quantitative estimate of drug-likeness (QED) is 0.236. The van der Waals surface area contributed by atoms with E-state index in [4.69, 9.17) is 16.9 Å². The Morgan fingerprint density at radius 3 is 2.25 bits per heavy atom. The summed E-state index contributed by atoms with van der Waals surface area (Å²) < 4.78 is 78.9. The van der Waals surface area contributed by atoms with Gasteiger partial charge in [-0.25, -0.2) is 9.80 Å². The minimum atomic E-state index is -4.68. The van der Waals surface area contributed by atoms with Gasteiger partial charge < -0.3 is 5.32 Å². The number of carbonyl (C=O) groups is 1. The molecule has 1 unspecified atom stereocenters. The fourth-order valence-corrected chi connectivity index (χ4v) is 4.94. The molecule has 0 fully saturated rings. The molecule has 5 nitrogen and oxygen atoms in total. The lowest BCUT2D eigenvalue weighted by molar-refractivity contribution is -0.138. The maximum atomic E-state index is 13.4. The number of hydrogen-bond donors (Lipinski definition) is 1. The molecule has 4 rings (SSSR count). The van der Waals surface area contributed by atoms with Crippen LogP contribution in [0.5, 0.6) is 0 Å². The van der Waals surface area contributed by atoms with Crippen LogP contribution in [0.4, 0.5) is 36.8 Å². The van der Waals surface area contributed by atoms with Gasteiger partial charge >= 0.3 is 18.4 Å². The van der Waals surface area contributed by atoms with E-state index in [9.17, 15) is 31.1 Å². The number of anilines is 1. The summed E-state index contributed by atoms with van der Waals surface area (Å²) in [6, 6.07) is 17.3. The number of nitrogens with one attached hydrogen (secondary N) is 1. The van der Waals surface area contributed by atoms with Gasteiger partial charge in [0, 0.05) is 17.7 Å². The lowest BCUT2D eigenvalue weighted by atomic mass is 9.71. The monoisotopic (exact) mass is 578 g/mol. The molecule has 12 heteroatoms. The van der Waals surface area contributed by atoms with Crippen molar-refractivity contribution < 1.29 is 31.1 Å². The van der Waals surface area contributed by atoms with Gasteiger partial charge in [-0.3, -0.25) is 0 Å². The molecule has 1 heterocycles. The molecule has 0 radical (unpaired) electrons. The number of rotatable bonds is 6. The summed E-state index contributed by atoms with van der Waals surface area (Å²) in [6.07, 6.45) is -8.31. The first kappa shape index (κ1) is 29.0. The fourth-order valence-electron chi connectivity index (χ4n) is 4.65. The van der Waals surface area contributed by atoms with Crippen molar-refractivity contribution in [2.45, 2.75) is 37.0 Å². The van der Waals surface area contributed by atoms with E-state index in [2.05, 4.69) is 16.5 Å². The van der Waals surface area contributed by atoms with Crippen molar-refractivity contribution in [3.05, 3.63) is 100 Å². The van der Waals surface area contributed by atoms with E-state index in [0.29, 0.717) is 18.4 Å². The van der Waals surface area contributed by atoms with E-state index in [1.54, 1.807) is 30.3 Å². The molecule has 0 saturated carbocycles. The van der Waals surface area contributed by atoms with Crippen LogP contribution in [0.1, 0.15) is 41.5 Å². The van der Waals surface area contributed by atoms with Crippen LogP contribution in [0, 0.1) is 11.3 Å². The number of urea groups is 1. The van der Waals surface area contributed by atoms with Crippen LogP contribution in [0.3, 0.4) is 0 Å². The van der Waals surface area contributed by atoms with E-state index >= 15 is 0 Å². The SMILES string of the molecule is N#CCCCC1(c2ccccc2)CN(C(=O)Nc2ccc(C(F)(F)F)cc2)N=C1c1ccc(C(F)(F)F)c(Cl)c1. The van der Waals surface area contributed by atoms with Crippen LogP contribution >= 0.6 is 11.6 Å². The predicted molar refractivity (Wildman–Crippen MR) is 138 cm³/mol. The summed E-state index contributed by atoms with van der Waals surface area (Å²) >= 11 is 6.02. The van der Waals surface area contributed by atoms with Crippen LogP contribution in [0.15, 0.2) is 77.9 Å². The van der Waals surface area contributed by atoms with Gasteiger partial charge in [-0.2, -0.15) is 36.7 Å². The highest BCUT2D eigenvalue weighted by Crippen LogP contribution is 2.42. The molecule has 40 heavy (non-hydrogen) atoms. The van der Waals surface area contributed by atoms with E-state index < -0.39 is 39.9 Å². The zero-order chi connectivity index (χ0) is 29.1. The molecule has 0 saturated heterocycles. The maximum Gasteiger partial charge on any atom is 0.417 e. The normalized spacial score (nSPS) is 17.4. The highest BCUT2D eigenvalue weighted by atomic mass is 35.5. The highest BCUT2D eigenvalue weighted by molar-refractivity contribution is 6.32. The van der Waals surface area contributed by atoms with Crippen molar-refractivity contribution in [3.63, 3.8) is 0 Å². The van der Waals surface area contributed by atoms with Gasteiger partial charge in [-0.15, -0.1) is 0 Å². The van der Waals surface area contributed by atoms with Crippen molar-refractivity contribution in [2.75, 3.05) is 11.9 Å². The summed E-state index contributed by atoms with van der Waals surface area (Å²) in [5.41, 5.74) is -1.59. The van der Waals surface area contributed by atoms with Crippen LogP contribution in [-0.4, -0.2) is 23.3 Å². The molecule has 0 bridgehead atoms. The van der Waals surface area contributed by atoms with E-state index in [0.717, 1.165) is 41.4 Å². The predicted octanol–water partition coefficient (Wildman–Crippen LogP) is 8.26. The first-order valence-electron chi connectivity index (χ1n) is 12.0. The van der Waals surface area contributed by atoms with E-state index in [1.807, 2.05) is 0 Å². The Labute approximate surface area is 230 Å². The number of hydrogen-bond acceptors (Lipinski definition) is 3. The smallest absolute Gasteiger partial charge is 0.306 e. The maximum absolute atomic E-state index is 13.4. The first-order chi connectivity index (χ1) is 18.8. The molecule has 0 aromatic heterocycles. The average Bonchev–Trinajstić information content (AvgIpc) is 3.29. The molecule has 208 valence electrons. The molecule has 1 aliphatic rings. The number of benzene rings is 3. The topological polar surface area (TPSA) is 68.5 Å². The molecule has 3 aromatic rings. The number of amides is 2. The Hall–Kier alpha value is -4.04. The Morgan fingerprint density at radius 1 is 1.00 bits per heavy atom. The third kappa shape index (κ3) is 6.07. The number of hydrazone groups is 1. The first-order valence-corrected chi connectivity index (χ1v) is 12.4. The summed E-state index contributed by atoms with van der Waals surface area (Å²) in [5.74, 6) is 0. The van der Waals surface area contributed by atoms with Crippen molar-refractivity contribution in [3.8, 4) is 6.07 Å². The zero-order valence-electron chi connectivity index (χ0n) is 20.7. The number of alkyl halides is 6. The Kier molecular flexibility index (Phi) is 8.12. The van der Waals surface area contributed by atoms with Gasteiger partial charge in [0.15, 0.2) is 0 Å². The Morgan fingerprint density at radius 2 is 1.68 bits per heavy atom. The van der Waals surface area contributed by atoms with Crippen LogP contribution in [0.2, 0.25) is 5.02 Å². The number of carbonyl (C=O) groups excluding carboxylic acids is 1. The molecule has 0 spiro atoms. The van der Waals surface area contributed by atoms with Gasteiger partial charge in [-0.1, -0.05) is 48.0 Å². The number of nitrogens with zero attached hydrogens (tertiary/aromatic N) is 3. The minimum Gasteiger partial charge on any atom is -0.306 e. The third-order valence-corrected chi connectivity index (χ3v) is 6.87. The molecular formula is C28H21ClF6N4O. The molecule has 0 aliphatic carbocycles. The summed E-state index contributed by atoms with van der Waals surface area (Å²) in [4.78, 5) is 13.2. The standard InChI is InChI=1S/C28H21ClF6N4O/c29-23-16-18(8-13-22(23)28(33,34)35)24-26(14-4-5-15-36,19-6-2-1-3-7-19)17-39(38-24)25(40)37-21-11-9-20(10-12-21)27(30,31)32/h1-3,6-13,16H,4-5,14,17H2,(H,37,40). The van der Waals surface area contributed by atoms with Gasteiger partial charge in [-0.05, 0) is 54.8 Å². The third-order valence-electron chi connectivity index (χ3n) is 6.56. The average molecular weight is 579 g/mol. The van der Waals surface area contributed by atoms with Crippen molar-refractivity contribution in [1.82, 2.24) is 5.01 Å². The second kappa shape index (κ2) is 11.2. The lowest BCUT2D eigenvalue weighted by Gasteiger charge is -2.32. The number of nitriles is 1. The van der Waals surface area contributed by atoms with E-state index in [-0.39, 0.29) is 29.9 Å². The summed E-state index contributed by atoms with van der Waals surface area (Å²) in [5, 5.41) is 16.7. The zero-order valence-corrected chi connectivity index (χ0v) is 21.4. The Bertz CT molecular complexity index is 1450. The van der Waals surface area contributed by atoms with Crippen molar-refractivity contribution in [2.24, 2.45) is 5.10 Å². The van der Waals surface area contributed by atoms with Crippen LogP contribution in [0.25, 0.3) is 0 Å². The number of halogens is 7. The molecule has 2 amide bonds. The number of unbranched alkanes of at least 4 members (excludes halogenated alkanes) is 1. The largest absolute Gasteiger partial charge is 0.417 e. The van der Waals surface area contributed by atoms with Crippen molar-refractivity contribution in [1.29, 1.82) is 5.26 Å². The molecule has 1 atom stereocenters. The second-order valence-electron chi connectivity index (χ2n) is 9.16. The summed E-state index contributed by atoms with van der Waals surface area (Å²) in [6.45, 7) is -0.0388. The summed E-state index contributed by atoms with van der Waals surface area (Å²) in [7, 11) is 0. The van der Waals surface area contributed by atoms with Gasteiger partial charge in [0.2, 0.25) is 0 Å². The van der Waals surface area contributed by atoms with Crippen molar-refractivity contribution >= 4 is 29.0 Å².